The summed E-state index contributed by atoms with van der Waals surface area (Å²) in [5.41, 5.74) is 0.166. The van der Waals surface area contributed by atoms with Gasteiger partial charge in [0.05, 0.1) is 26.8 Å². The maximum atomic E-state index is 12.4. The summed E-state index contributed by atoms with van der Waals surface area (Å²) in [7, 11) is 3.20. The van der Waals surface area contributed by atoms with E-state index in [1.165, 1.54) is 0 Å². The van der Waals surface area contributed by atoms with Crippen molar-refractivity contribution in [3.8, 4) is 17.6 Å². The van der Waals surface area contributed by atoms with Gasteiger partial charge >= 0.3 is 0 Å². The van der Waals surface area contributed by atoms with E-state index in [9.17, 15) is 10.1 Å². The standard InChI is InChI=1S/C19H29N3O3/c1-7-22(12-18(23)21-19(4,13-20)14(2)3)11-15-8-9-16(24-5)17(10-15)25-6/h8-10,14H,7,11-12H2,1-6H3,(H,21,23). The molecule has 0 aliphatic heterocycles. The third-order valence-corrected chi connectivity index (χ3v) is 4.45. The Kier molecular flexibility index (Phi) is 7.72. The smallest absolute Gasteiger partial charge is 0.235 e. The van der Waals surface area contributed by atoms with E-state index in [-0.39, 0.29) is 18.4 Å². The largest absolute Gasteiger partial charge is 0.493 e. The fraction of sp³-hybridized carbons (Fsp3) is 0.579. The number of carbonyl (C=O) groups is 1. The second-order valence-electron chi connectivity index (χ2n) is 6.51. The van der Waals surface area contributed by atoms with Crippen LogP contribution in [0.2, 0.25) is 0 Å². The second-order valence-corrected chi connectivity index (χ2v) is 6.51. The average molecular weight is 347 g/mol. The molecule has 0 spiro atoms. The first kappa shape index (κ1) is 20.8. The summed E-state index contributed by atoms with van der Waals surface area (Å²) in [5.74, 6) is 1.22. The van der Waals surface area contributed by atoms with Crippen molar-refractivity contribution < 1.29 is 14.3 Å². The Labute approximate surface area is 150 Å². The van der Waals surface area contributed by atoms with Gasteiger partial charge in [0.1, 0.15) is 5.54 Å². The van der Waals surface area contributed by atoms with E-state index in [0.717, 1.165) is 5.56 Å². The van der Waals surface area contributed by atoms with E-state index in [1.807, 2.05) is 43.9 Å². The molecule has 0 aliphatic rings. The number of amides is 1. The quantitative estimate of drug-likeness (QED) is 0.743. The molecule has 1 unspecified atom stereocenters. The number of hydrogen-bond donors (Lipinski definition) is 1. The SMILES string of the molecule is CCN(CC(=O)NC(C)(C#N)C(C)C)Cc1ccc(OC)c(OC)c1. The number of ether oxygens (including phenoxy) is 2. The van der Waals surface area contributed by atoms with Crippen molar-refractivity contribution in [3.63, 3.8) is 0 Å². The van der Waals surface area contributed by atoms with Gasteiger partial charge in [0.2, 0.25) is 5.91 Å². The van der Waals surface area contributed by atoms with Gasteiger partial charge in [0.15, 0.2) is 11.5 Å². The van der Waals surface area contributed by atoms with Crippen molar-refractivity contribution >= 4 is 5.91 Å². The number of nitrogens with zero attached hydrogens (tertiary/aromatic N) is 2. The summed E-state index contributed by atoms with van der Waals surface area (Å²) < 4.78 is 10.6. The summed E-state index contributed by atoms with van der Waals surface area (Å²) in [6.45, 7) is 9.15. The lowest BCUT2D eigenvalue weighted by atomic mass is 9.90. The van der Waals surface area contributed by atoms with Crippen molar-refractivity contribution in [2.24, 2.45) is 5.92 Å². The minimum Gasteiger partial charge on any atom is -0.493 e. The van der Waals surface area contributed by atoms with Gasteiger partial charge in [-0.3, -0.25) is 9.69 Å². The van der Waals surface area contributed by atoms with Gasteiger partial charge in [-0.15, -0.1) is 0 Å². The van der Waals surface area contributed by atoms with E-state index in [2.05, 4.69) is 11.4 Å². The maximum absolute atomic E-state index is 12.4. The number of benzene rings is 1. The van der Waals surface area contributed by atoms with Gasteiger partial charge in [-0.1, -0.05) is 26.8 Å². The monoisotopic (exact) mass is 347 g/mol. The molecule has 1 N–H and O–H groups in total. The number of nitrogens with one attached hydrogen (secondary N) is 1. The summed E-state index contributed by atoms with van der Waals surface area (Å²) in [4.78, 5) is 14.4. The molecule has 0 saturated carbocycles. The molecule has 0 saturated heterocycles. The van der Waals surface area contributed by atoms with Crippen molar-refractivity contribution in [2.75, 3.05) is 27.3 Å². The highest BCUT2D eigenvalue weighted by Gasteiger charge is 2.30. The summed E-state index contributed by atoms with van der Waals surface area (Å²) >= 11 is 0. The van der Waals surface area contributed by atoms with Gasteiger partial charge in [-0.25, -0.2) is 0 Å². The molecule has 6 heteroatoms. The van der Waals surface area contributed by atoms with Crippen LogP contribution in [0.4, 0.5) is 0 Å². The van der Waals surface area contributed by atoms with E-state index >= 15 is 0 Å². The van der Waals surface area contributed by atoms with Crippen LogP contribution in [0.15, 0.2) is 18.2 Å². The van der Waals surface area contributed by atoms with E-state index in [1.54, 1.807) is 21.1 Å². The summed E-state index contributed by atoms with van der Waals surface area (Å²) in [6, 6.07) is 7.91. The maximum Gasteiger partial charge on any atom is 0.235 e. The van der Waals surface area contributed by atoms with Crippen LogP contribution in [0.1, 0.15) is 33.3 Å². The van der Waals surface area contributed by atoms with Crippen molar-refractivity contribution in [1.82, 2.24) is 10.2 Å². The Morgan fingerprint density at radius 1 is 1.32 bits per heavy atom. The minimum absolute atomic E-state index is 0.0300. The molecule has 1 atom stereocenters. The molecule has 1 aromatic carbocycles. The molecular formula is C19H29N3O3. The molecule has 0 radical (unpaired) electrons. The minimum atomic E-state index is -0.861. The third-order valence-electron chi connectivity index (χ3n) is 4.45. The van der Waals surface area contributed by atoms with E-state index in [0.29, 0.717) is 24.6 Å². The Bertz CT molecular complexity index is 625. The molecule has 1 rings (SSSR count). The molecule has 0 bridgehead atoms. The molecule has 138 valence electrons. The molecule has 25 heavy (non-hydrogen) atoms. The number of likely N-dealkylation sites (N-methyl/N-ethyl adjacent to an activating group) is 1. The first-order valence-corrected chi connectivity index (χ1v) is 8.45. The molecule has 1 amide bonds. The van der Waals surface area contributed by atoms with Crippen LogP contribution < -0.4 is 14.8 Å². The number of methoxy groups -OCH3 is 2. The van der Waals surface area contributed by atoms with Gasteiger partial charge in [-0.05, 0) is 37.1 Å². The topological polar surface area (TPSA) is 74.6 Å². The van der Waals surface area contributed by atoms with Crippen molar-refractivity contribution in [1.29, 1.82) is 5.26 Å². The van der Waals surface area contributed by atoms with Gasteiger partial charge < -0.3 is 14.8 Å². The fourth-order valence-corrected chi connectivity index (χ4v) is 2.35. The van der Waals surface area contributed by atoms with Crippen LogP contribution in [0.25, 0.3) is 0 Å². The van der Waals surface area contributed by atoms with Gasteiger partial charge in [0.25, 0.3) is 0 Å². The second kappa shape index (κ2) is 9.28. The third kappa shape index (κ3) is 5.64. The van der Waals surface area contributed by atoms with E-state index in [4.69, 9.17) is 9.47 Å². The van der Waals surface area contributed by atoms with Gasteiger partial charge in [0, 0.05) is 6.54 Å². The zero-order valence-electron chi connectivity index (χ0n) is 16.0. The van der Waals surface area contributed by atoms with Crippen LogP contribution >= 0.6 is 0 Å². The highest BCUT2D eigenvalue weighted by molar-refractivity contribution is 5.79. The van der Waals surface area contributed by atoms with Gasteiger partial charge in [-0.2, -0.15) is 5.26 Å². The number of carbonyl (C=O) groups excluding carboxylic acids is 1. The Morgan fingerprint density at radius 3 is 2.44 bits per heavy atom. The lowest BCUT2D eigenvalue weighted by Crippen LogP contribution is -2.51. The molecule has 0 heterocycles. The predicted molar refractivity (Wildman–Crippen MR) is 97.5 cm³/mol. The normalized spacial score (nSPS) is 13.2. The fourth-order valence-electron chi connectivity index (χ4n) is 2.35. The molecule has 0 fully saturated rings. The first-order valence-electron chi connectivity index (χ1n) is 8.45. The molecule has 0 aliphatic carbocycles. The van der Waals surface area contributed by atoms with Crippen LogP contribution in [0, 0.1) is 17.2 Å². The highest BCUT2D eigenvalue weighted by atomic mass is 16.5. The molecule has 0 aromatic heterocycles. The Hall–Kier alpha value is -2.26. The first-order chi connectivity index (χ1) is 11.8. The summed E-state index contributed by atoms with van der Waals surface area (Å²) in [5, 5.41) is 12.2. The zero-order chi connectivity index (χ0) is 19.0. The molecule has 6 nitrogen and oxygen atoms in total. The van der Waals surface area contributed by atoms with Crippen LogP contribution in [-0.4, -0.2) is 43.7 Å². The van der Waals surface area contributed by atoms with E-state index < -0.39 is 5.54 Å². The van der Waals surface area contributed by atoms with Crippen LogP contribution in [-0.2, 0) is 11.3 Å². The number of hydrogen-bond acceptors (Lipinski definition) is 5. The average Bonchev–Trinajstić information content (AvgIpc) is 2.60. The number of rotatable bonds is 9. The van der Waals surface area contributed by atoms with Crippen molar-refractivity contribution in [2.45, 2.75) is 39.8 Å². The predicted octanol–water partition coefficient (Wildman–Crippen LogP) is 2.58. The molecular weight excluding hydrogens is 318 g/mol. The molecule has 1 aromatic rings. The van der Waals surface area contributed by atoms with Crippen molar-refractivity contribution in [3.05, 3.63) is 23.8 Å². The Morgan fingerprint density at radius 2 is 1.96 bits per heavy atom. The lowest BCUT2D eigenvalue weighted by Gasteiger charge is -2.29. The lowest BCUT2D eigenvalue weighted by molar-refractivity contribution is -0.124. The summed E-state index contributed by atoms with van der Waals surface area (Å²) in [6.07, 6.45) is 0. The number of nitriles is 1. The van der Waals surface area contributed by atoms with Crippen LogP contribution in [0.5, 0.6) is 11.5 Å². The highest BCUT2D eigenvalue weighted by Crippen LogP contribution is 2.28. The Balaban J connectivity index is 2.77. The van der Waals surface area contributed by atoms with Crippen LogP contribution in [0.3, 0.4) is 0 Å². The zero-order valence-corrected chi connectivity index (χ0v) is 16.0.